The lowest BCUT2D eigenvalue weighted by molar-refractivity contribution is -0.141. The summed E-state index contributed by atoms with van der Waals surface area (Å²) in [6.07, 6.45) is 1.24. The standard InChI is InChI=1S/C12H14O3/c1-8-7-9(3-4-10(8)14-2)11-5-6-12(13)15-11/h3-4,7,11H,5-6H2,1-2H3. The van der Waals surface area contributed by atoms with Crippen molar-refractivity contribution in [2.75, 3.05) is 7.11 Å². The third-order valence-corrected chi connectivity index (χ3v) is 2.68. The number of ether oxygens (including phenoxy) is 2. The Morgan fingerprint density at radius 3 is 2.80 bits per heavy atom. The van der Waals surface area contributed by atoms with Crippen molar-refractivity contribution in [1.29, 1.82) is 0 Å². The van der Waals surface area contributed by atoms with Gasteiger partial charge < -0.3 is 9.47 Å². The fourth-order valence-corrected chi connectivity index (χ4v) is 1.86. The molecule has 3 nitrogen and oxygen atoms in total. The summed E-state index contributed by atoms with van der Waals surface area (Å²) in [4.78, 5) is 11.0. The average Bonchev–Trinajstić information content (AvgIpc) is 2.65. The highest BCUT2D eigenvalue weighted by atomic mass is 16.5. The minimum absolute atomic E-state index is 0.0675. The van der Waals surface area contributed by atoms with Gasteiger partial charge in [0, 0.05) is 6.42 Å². The van der Waals surface area contributed by atoms with E-state index in [1.165, 1.54) is 0 Å². The quantitative estimate of drug-likeness (QED) is 0.697. The highest BCUT2D eigenvalue weighted by Crippen LogP contribution is 2.31. The van der Waals surface area contributed by atoms with Crippen LogP contribution < -0.4 is 4.74 Å². The molecule has 15 heavy (non-hydrogen) atoms. The Bertz CT molecular complexity index is 384. The topological polar surface area (TPSA) is 35.5 Å². The molecule has 0 saturated carbocycles. The predicted molar refractivity (Wildman–Crippen MR) is 55.8 cm³/mol. The molecule has 1 fully saturated rings. The Morgan fingerprint density at radius 1 is 1.47 bits per heavy atom. The molecular formula is C12H14O3. The van der Waals surface area contributed by atoms with Gasteiger partial charge in [0.05, 0.1) is 7.11 Å². The van der Waals surface area contributed by atoms with E-state index in [-0.39, 0.29) is 12.1 Å². The number of esters is 1. The number of methoxy groups -OCH3 is 1. The van der Waals surface area contributed by atoms with E-state index in [4.69, 9.17) is 9.47 Å². The molecule has 1 aliphatic rings. The van der Waals surface area contributed by atoms with Gasteiger partial charge in [0.2, 0.25) is 0 Å². The van der Waals surface area contributed by atoms with Crippen molar-refractivity contribution in [3.8, 4) is 5.75 Å². The largest absolute Gasteiger partial charge is 0.496 e. The summed E-state index contributed by atoms with van der Waals surface area (Å²) < 4.78 is 10.4. The first-order chi connectivity index (χ1) is 7.20. The van der Waals surface area contributed by atoms with Gasteiger partial charge in [0.1, 0.15) is 11.9 Å². The Balaban J connectivity index is 2.22. The van der Waals surface area contributed by atoms with Crippen molar-refractivity contribution in [3.63, 3.8) is 0 Å². The maximum atomic E-state index is 11.0. The molecule has 1 aromatic carbocycles. The summed E-state index contributed by atoms with van der Waals surface area (Å²) in [7, 11) is 1.65. The number of rotatable bonds is 2. The smallest absolute Gasteiger partial charge is 0.306 e. The summed E-state index contributed by atoms with van der Waals surface area (Å²) in [6, 6.07) is 5.88. The highest BCUT2D eigenvalue weighted by Gasteiger charge is 2.24. The first-order valence-electron chi connectivity index (χ1n) is 5.04. The summed E-state index contributed by atoms with van der Waals surface area (Å²) in [5, 5.41) is 0. The maximum absolute atomic E-state index is 11.0. The van der Waals surface area contributed by atoms with Crippen molar-refractivity contribution in [2.24, 2.45) is 0 Å². The lowest BCUT2D eigenvalue weighted by Gasteiger charge is -2.12. The molecule has 1 atom stereocenters. The molecule has 1 saturated heterocycles. The Kier molecular flexibility index (Phi) is 2.62. The van der Waals surface area contributed by atoms with Crippen molar-refractivity contribution < 1.29 is 14.3 Å². The van der Waals surface area contributed by atoms with Crippen molar-refractivity contribution in [3.05, 3.63) is 29.3 Å². The Labute approximate surface area is 89.0 Å². The zero-order chi connectivity index (χ0) is 10.8. The second kappa shape index (κ2) is 3.93. The van der Waals surface area contributed by atoms with Crippen molar-refractivity contribution in [2.45, 2.75) is 25.9 Å². The lowest BCUT2D eigenvalue weighted by Crippen LogP contribution is -1.99. The minimum Gasteiger partial charge on any atom is -0.496 e. The molecule has 3 heteroatoms. The molecular weight excluding hydrogens is 192 g/mol. The van der Waals surface area contributed by atoms with Gasteiger partial charge in [0.15, 0.2) is 0 Å². The van der Waals surface area contributed by atoms with E-state index in [0.29, 0.717) is 6.42 Å². The molecule has 0 N–H and O–H groups in total. The van der Waals surface area contributed by atoms with Crippen LogP contribution in [0.5, 0.6) is 5.75 Å². The number of carbonyl (C=O) groups excluding carboxylic acids is 1. The zero-order valence-electron chi connectivity index (χ0n) is 8.95. The fraction of sp³-hybridized carbons (Fsp3) is 0.417. The molecule has 1 aromatic rings. The van der Waals surface area contributed by atoms with Gasteiger partial charge in [-0.3, -0.25) is 4.79 Å². The van der Waals surface area contributed by atoms with Crippen LogP contribution in [0.1, 0.15) is 30.1 Å². The zero-order valence-corrected chi connectivity index (χ0v) is 8.95. The van der Waals surface area contributed by atoms with Gasteiger partial charge >= 0.3 is 5.97 Å². The van der Waals surface area contributed by atoms with Crippen LogP contribution in [0, 0.1) is 6.92 Å². The van der Waals surface area contributed by atoms with E-state index >= 15 is 0 Å². The van der Waals surface area contributed by atoms with E-state index in [1.807, 2.05) is 25.1 Å². The number of benzene rings is 1. The van der Waals surface area contributed by atoms with Crippen molar-refractivity contribution >= 4 is 5.97 Å². The van der Waals surface area contributed by atoms with E-state index in [2.05, 4.69) is 0 Å². The Morgan fingerprint density at radius 2 is 2.27 bits per heavy atom. The molecule has 0 radical (unpaired) electrons. The van der Waals surface area contributed by atoms with Crippen LogP contribution in [0.25, 0.3) is 0 Å². The number of cyclic esters (lactones) is 1. The molecule has 1 aliphatic heterocycles. The summed E-state index contributed by atoms with van der Waals surface area (Å²) in [6.45, 7) is 1.99. The molecule has 0 spiro atoms. The summed E-state index contributed by atoms with van der Waals surface area (Å²) in [5.74, 6) is 0.761. The lowest BCUT2D eigenvalue weighted by atomic mass is 10.0. The third-order valence-electron chi connectivity index (χ3n) is 2.68. The fourth-order valence-electron chi connectivity index (χ4n) is 1.86. The second-order valence-corrected chi connectivity index (χ2v) is 3.75. The molecule has 1 unspecified atom stereocenters. The minimum atomic E-state index is -0.103. The first kappa shape index (κ1) is 10.0. The molecule has 0 aliphatic carbocycles. The number of carbonyl (C=O) groups is 1. The number of hydrogen-bond acceptors (Lipinski definition) is 3. The van der Waals surface area contributed by atoms with Crippen LogP contribution in [-0.4, -0.2) is 13.1 Å². The monoisotopic (exact) mass is 206 g/mol. The SMILES string of the molecule is COc1ccc(C2CCC(=O)O2)cc1C. The molecule has 1 heterocycles. The maximum Gasteiger partial charge on any atom is 0.306 e. The number of aryl methyl sites for hydroxylation is 1. The predicted octanol–water partition coefficient (Wildman–Crippen LogP) is 2.38. The van der Waals surface area contributed by atoms with Gasteiger partial charge in [-0.05, 0) is 36.6 Å². The van der Waals surface area contributed by atoms with E-state index in [0.717, 1.165) is 23.3 Å². The van der Waals surface area contributed by atoms with Crippen LogP contribution >= 0.6 is 0 Å². The molecule has 80 valence electrons. The van der Waals surface area contributed by atoms with E-state index in [9.17, 15) is 4.79 Å². The van der Waals surface area contributed by atoms with E-state index in [1.54, 1.807) is 7.11 Å². The summed E-state index contributed by atoms with van der Waals surface area (Å²) in [5.41, 5.74) is 2.12. The van der Waals surface area contributed by atoms with E-state index < -0.39 is 0 Å². The van der Waals surface area contributed by atoms with Crippen LogP contribution in [0.3, 0.4) is 0 Å². The van der Waals surface area contributed by atoms with Gasteiger partial charge in [0.25, 0.3) is 0 Å². The highest BCUT2D eigenvalue weighted by molar-refractivity contribution is 5.71. The third kappa shape index (κ3) is 1.96. The van der Waals surface area contributed by atoms with Crippen LogP contribution in [-0.2, 0) is 9.53 Å². The van der Waals surface area contributed by atoms with Crippen LogP contribution in [0.2, 0.25) is 0 Å². The van der Waals surface area contributed by atoms with Crippen molar-refractivity contribution in [1.82, 2.24) is 0 Å². The summed E-state index contributed by atoms with van der Waals surface area (Å²) >= 11 is 0. The normalized spacial score (nSPS) is 20.1. The number of hydrogen-bond donors (Lipinski definition) is 0. The second-order valence-electron chi connectivity index (χ2n) is 3.75. The Hall–Kier alpha value is -1.51. The van der Waals surface area contributed by atoms with Gasteiger partial charge in [-0.15, -0.1) is 0 Å². The van der Waals surface area contributed by atoms with Gasteiger partial charge in [-0.1, -0.05) is 6.07 Å². The molecule has 0 bridgehead atoms. The van der Waals surface area contributed by atoms with Crippen LogP contribution in [0.15, 0.2) is 18.2 Å². The van der Waals surface area contributed by atoms with Crippen LogP contribution in [0.4, 0.5) is 0 Å². The first-order valence-corrected chi connectivity index (χ1v) is 5.04. The average molecular weight is 206 g/mol. The molecule has 0 aromatic heterocycles. The van der Waals surface area contributed by atoms with Gasteiger partial charge in [-0.25, -0.2) is 0 Å². The molecule has 2 rings (SSSR count). The molecule has 0 amide bonds. The van der Waals surface area contributed by atoms with Gasteiger partial charge in [-0.2, -0.15) is 0 Å².